The third-order valence-electron chi connectivity index (χ3n) is 13.6. The number of nitrogens with zero attached hydrogens (tertiary/aromatic N) is 9. The minimum Gasteiger partial charge on any atom is -0.490 e. The number of benzene rings is 2. The summed E-state index contributed by atoms with van der Waals surface area (Å²) in [5, 5.41) is 15.8. The second-order valence-corrected chi connectivity index (χ2v) is 18.1. The molecule has 332 valence electrons. The van der Waals surface area contributed by atoms with E-state index >= 15 is 0 Å². The molecule has 2 aromatic heterocycles. The summed E-state index contributed by atoms with van der Waals surface area (Å²) in [4.78, 5) is 87.7. The zero-order chi connectivity index (χ0) is 44.8. The minimum absolute atomic E-state index is 0.0224. The summed E-state index contributed by atoms with van der Waals surface area (Å²) < 4.78 is 6.30. The van der Waals surface area contributed by atoms with E-state index in [1.165, 1.54) is 0 Å². The van der Waals surface area contributed by atoms with Gasteiger partial charge >= 0.3 is 6.03 Å². The van der Waals surface area contributed by atoms with E-state index in [9.17, 15) is 29.2 Å². The fourth-order valence-electron chi connectivity index (χ4n) is 10.0. The molecule has 0 bridgehead atoms. The molecular weight excluding hydrogens is 815 g/mol. The van der Waals surface area contributed by atoms with Gasteiger partial charge < -0.3 is 24.8 Å². The molecule has 17 nitrogen and oxygen atoms in total. The van der Waals surface area contributed by atoms with Gasteiger partial charge in [0, 0.05) is 93.4 Å². The number of pyridine rings is 1. The summed E-state index contributed by atoms with van der Waals surface area (Å²) in [6, 6.07) is 14.3. The third kappa shape index (κ3) is 8.18. The number of fused-ring (bicyclic) bond motifs is 2. The number of anilines is 3. The predicted molar refractivity (Wildman–Crippen MR) is 238 cm³/mol. The molecule has 4 fully saturated rings. The second-order valence-electron chi connectivity index (χ2n) is 18.1. The Labute approximate surface area is 371 Å². The van der Waals surface area contributed by atoms with E-state index in [4.69, 9.17) is 4.74 Å². The topological polar surface area (TPSA) is 197 Å². The van der Waals surface area contributed by atoms with Crippen molar-refractivity contribution >= 4 is 57.9 Å². The van der Waals surface area contributed by atoms with Crippen LogP contribution in [-0.2, 0) is 9.59 Å². The summed E-state index contributed by atoms with van der Waals surface area (Å²) in [5.41, 5.74) is 3.22. The van der Waals surface area contributed by atoms with Gasteiger partial charge in [0.1, 0.15) is 24.0 Å². The van der Waals surface area contributed by atoms with Crippen molar-refractivity contribution in [1.82, 2.24) is 35.0 Å². The zero-order valence-corrected chi connectivity index (χ0v) is 36.6. The molecule has 3 saturated heterocycles. The second kappa shape index (κ2) is 17.5. The first-order chi connectivity index (χ1) is 30.9. The van der Waals surface area contributed by atoms with Crippen LogP contribution in [0.25, 0.3) is 10.9 Å². The lowest BCUT2D eigenvalue weighted by Gasteiger charge is -2.46. The molecule has 6 amide bonds. The summed E-state index contributed by atoms with van der Waals surface area (Å²) in [7, 11) is 0. The van der Waals surface area contributed by atoms with Crippen LogP contribution in [0.2, 0.25) is 0 Å². The van der Waals surface area contributed by atoms with Gasteiger partial charge in [0.25, 0.3) is 11.8 Å². The number of amides is 6. The number of imide groups is 2. The lowest BCUT2D eigenvalue weighted by atomic mass is 9.85. The summed E-state index contributed by atoms with van der Waals surface area (Å²) in [6.07, 6.45) is 8.93. The molecule has 1 saturated carbocycles. The number of ether oxygens (including phenoxy) is 1. The first-order valence-electron chi connectivity index (χ1n) is 22.3. The zero-order valence-electron chi connectivity index (χ0n) is 36.6. The first kappa shape index (κ1) is 42.6. The normalized spacial score (nSPS) is 23.9. The SMILES string of the molecule is CC(C)N(CC1CCN(c2ncc(NC(=O)N3C[C@H](C)N(c4ccc(C#N)c5ncccc45)C[C@H]3C)cn2)CC1)[C@H]1C[C@H](Oc2ccc3c(c2)C(=O)N(C2CCC(=O)NC2=O)C3=O)C1. The van der Waals surface area contributed by atoms with Crippen molar-refractivity contribution in [2.75, 3.05) is 47.8 Å². The highest BCUT2D eigenvalue weighted by Crippen LogP contribution is 2.36. The van der Waals surface area contributed by atoms with E-state index in [0.29, 0.717) is 59.6 Å². The van der Waals surface area contributed by atoms with Crippen LogP contribution in [-0.4, -0.2) is 128 Å². The molecule has 2 N–H and O–H groups in total. The first-order valence-corrected chi connectivity index (χ1v) is 22.3. The van der Waals surface area contributed by atoms with Crippen molar-refractivity contribution in [2.24, 2.45) is 5.92 Å². The fraction of sp³-hybridized carbons (Fsp3) is 0.468. The number of hydrogen-bond acceptors (Lipinski definition) is 13. The van der Waals surface area contributed by atoms with Gasteiger partial charge in [-0.3, -0.25) is 39.3 Å². The smallest absolute Gasteiger partial charge is 0.322 e. The van der Waals surface area contributed by atoms with E-state index in [0.717, 1.165) is 61.3 Å². The van der Waals surface area contributed by atoms with Crippen molar-refractivity contribution in [3.8, 4) is 11.8 Å². The van der Waals surface area contributed by atoms with Crippen LogP contribution in [0.3, 0.4) is 0 Å². The molecule has 0 radical (unpaired) electrons. The van der Waals surface area contributed by atoms with E-state index in [2.05, 4.69) is 67.1 Å². The lowest BCUT2D eigenvalue weighted by molar-refractivity contribution is -0.136. The van der Waals surface area contributed by atoms with E-state index in [-0.39, 0.29) is 48.2 Å². The average Bonchev–Trinajstić information content (AvgIpc) is 3.52. The molecule has 2 aromatic carbocycles. The van der Waals surface area contributed by atoms with Crippen molar-refractivity contribution in [2.45, 2.75) is 103 Å². The van der Waals surface area contributed by atoms with Crippen LogP contribution in [0.15, 0.2) is 61.1 Å². The fourth-order valence-corrected chi connectivity index (χ4v) is 10.0. The van der Waals surface area contributed by atoms with Crippen LogP contribution in [0, 0.1) is 17.2 Å². The van der Waals surface area contributed by atoms with Gasteiger partial charge in [-0.05, 0) is 95.3 Å². The van der Waals surface area contributed by atoms with E-state index < -0.39 is 29.7 Å². The van der Waals surface area contributed by atoms with Gasteiger partial charge in [0.2, 0.25) is 17.8 Å². The highest BCUT2D eigenvalue weighted by Gasteiger charge is 2.45. The molecule has 3 atom stereocenters. The number of hydrogen-bond donors (Lipinski definition) is 2. The third-order valence-corrected chi connectivity index (χ3v) is 13.6. The molecule has 64 heavy (non-hydrogen) atoms. The lowest BCUT2D eigenvalue weighted by Crippen LogP contribution is -2.59. The summed E-state index contributed by atoms with van der Waals surface area (Å²) >= 11 is 0. The van der Waals surface area contributed by atoms with Crippen LogP contribution in [0.1, 0.15) is 92.5 Å². The Morgan fingerprint density at radius 1 is 0.953 bits per heavy atom. The quantitative estimate of drug-likeness (QED) is 0.203. The average molecular weight is 868 g/mol. The molecule has 1 aliphatic carbocycles. The Morgan fingerprint density at radius 3 is 2.42 bits per heavy atom. The standard InChI is InChI=1S/C47H53N11O6/c1-27(2)55(33-18-35(19-33)64-34-8-9-36-38(20-34)45(62)58(44(36)61)40-11-12-41(59)53-43(40)60)26-30-13-16-54(17-14-30)46-50-22-32(23-51-46)52-47(63)57-25-28(3)56(24-29(57)4)39-10-7-31(21-48)42-37(39)6-5-15-49-42/h5-10,15,20,22-23,27-30,33,35,40H,11-14,16-19,24-26H2,1-4H3,(H,52,63)(H,53,59,60)/t28-,29+,33-,35-,40?/m0/s1. The summed E-state index contributed by atoms with van der Waals surface area (Å²) in [5.74, 6) is -0.434. The Hall–Kier alpha value is -6.67. The molecule has 1 unspecified atom stereocenters. The van der Waals surface area contributed by atoms with Crippen molar-refractivity contribution in [3.63, 3.8) is 0 Å². The largest absolute Gasteiger partial charge is 0.490 e. The van der Waals surface area contributed by atoms with Crippen molar-refractivity contribution in [3.05, 3.63) is 77.7 Å². The van der Waals surface area contributed by atoms with Crippen LogP contribution in [0.5, 0.6) is 5.75 Å². The number of urea groups is 1. The maximum Gasteiger partial charge on any atom is 0.322 e. The molecule has 9 rings (SSSR count). The maximum absolute atomic E-state index is 13.6. The molecule has 5 aliphatic rings. The van der Waals surface area contributed by atoms with Crippen molar-refractivity contribution in [1.29, 1.82) is 5.26 Å². The number of piperazine rings is 1. The Kier molecular flexibility index (Phi) is 11.6. The van der Waals surface area contributed by atoms with Gasteiger partial charge in [-0.15, -0.1) is 0 Å². The van der Waals surface area contributed by atoms with Gasteiger partial charge in [0.05, 0.1) is 40.3 Å². The van der Waals surface area contributed by atoms with Gasteiger partial charge in [0.15, 0.2) is 0 Å². The number of piperidine rings is 2. The highest BCUT2D eigenvalue weighted by atomic mass is 16.5. The number of carbonyl (C=O) groups excluding carboxylic acids is 5. The molecule has 6 heterocycles. The van der Waals surface area contributed by atoms with Crippen LogP contribution >= 0.6 is 0 Å². The number of rotatable bonds is 10. The number of aromatic nitrogens is 3. The molecule has 17 heteroatoms. The summed E-state index contributed by atoms with van der Waals surface area (Å²) in [6.45, 7) is 12.4. The minimum atomic E-state index is -1.01. The monoisotopic (exact) mass is 867 g/mol. The van der Waals surface area contributed by atoms with Crippen LogP contribution < -0.4 is 25.2 Å². The van der Waals surface area contributed by atoms with Gasteiger partial charge in [-0.25, -0.2) is 14.8 Å². The molecule has 0 spiro atoms. The molecular formula is C47H53N11O6. The van der Waals surface area contributed by atoms with Gasteiger partial charge in [-0.2, -0.15) is 5.26 Å². The Bertz CT molecular complexity index is 2530. The maximum atomic E-state index is 13.6. The van der Waals surface area contributed by atoms with Crippen molar-refractivity contribution < 1.29 is 28.7 Å². The predicted octanol–water partition coefficient (Wildman–Crippen LogP) is 4.97. The van der Waals surface area contributed by atoms with Crippen LogP contribution in [0.4, 0.5) is 22.1 Å². The Balaban J connectivity index is 0.732. The molecule has 4 aromatic rings. The number of carbonyl (C=O) groups is 5. The Morgan fingerprint density at radius 2 is 1.70 bits per heavy atom. The van der Waals surface area contributed by atoms with Gasteiger partial charge in [-0.1, -0.05) is 0 Å². The molecule has 4 aliphatic heterocycles. The van der Waals surface area contributed by atoms with E-state index in [1.807, 2.05) is 36.1 Å². The number of nitriles is 1. The highest BCUT2D eigenvalue weighted by molar-refractivity contribution is 6.23. The number of nitrogens with one attached hydrogen (secondary N) is 2. The van der Waals surface area contributed by atoms with E-state index in [1.54, 1.807) is 36.8 Å².